The Balaban J connectivity index is 2.62. The number of methoxy groups -OCH3 is 1. The number of nitrogens with zero attached hydrogens (tertiary/aromatic N) is 1. The maximum atomic E-state index is 11.7. The lowest BCUT2D eigenvalue weighted by atomic mass is 10.1. The highest BCUT2D eigenvalue weighted by Gasteiger charge is 2.18. The summed E-state index contributed by atoms with van der Waals surface area (Å²) in [6, 6.07) is 3.29. The maximum absolute atomic E-state index is 11.7. The summed E-state index contributed by atoms with van der Waals surface area (Å²) in [6.07, 6.45) is 0.0499. The standard InChI is InChI=1S/C14H23N3O3/c1-9(16-13(18)20-14(2,3)4)8-11-10(15)6-7-12(17-11)19-5/h6-7,9H,8,15H2,1-5H3,(H,16,18). The Morgan fingerprint density at radius 3 is 2.65 bits per heavy atom. The number of hydrogen-bond acceptors (Lipinski definition) is 5. The smallest absolute Gasteiger partial charge is 0.407 e. The molecule has 0 saturated heterocycles. The molecule has 1 amide bonds. The van der Waals surface area contributed by atoms with Crippen LogP contribution in [0.3, 0.4) is 0 Å². The minimum Gasteiger partial charge on any atom is -0.481 e. The Bertz CT molecular complexity index is 469. The van der Waals surface area contributed by atoms with Crippen LogP contribution in [0, 0.1) is 0 Å². The summed E-state index contributed by atoms with van der Waals surface area (Å²) in [5.41, 5.74) is 6.61. The van der Waals surface area contributed by atoms with Crippen LogP contribution in [0.2, 0.25) is 0 Å². The molecular formula is C14H23N3O3. The molecule has 6 nitrogen and oxygen atoms in total. The second-order valence-electron chi connectivity index (χ2n) is 5.64. The number of amides is 1. The number of nitrogens with two attached hydrogens (primary N) is 1. The lowest BCUT2D eigenvalue weighted by molar-refractivity contribution is 0.0508. The van der Waals surface area contributed by atoms with Crippen molar-refractivity contribution in [2.45, 2.75) is 45.8 Å². The van der Waals surface area contributed by atoms with E-state index in [1.807, 2.05) is 27.7 Å². The second-order valence-corrected chi connectivity index (χ2v) is 5.64. The van der Waals surface area contributed by atoms with Crippen molar-refractivity contribution >= 4 is 11.8 Å². The third-order valence-corrected chi connectivity index (χ3v) is 2.46. The van der Waals surface area contributed by atoms with E-state index in [1.165, 1.54) is 0 Å². The van der Waals surface area contributed by atoms with Gasteiger partial charge in [0, 0.05) is 18.5 Å². The maximum Gasteiger partial charge on any atom is 0.407 e. The van der Waals surface area contributed by atoms with E-state index < -0.39 is 11.7 Å². The molecule has 0 aliphatic heterocycles. The lowest BCUT2D eigenvalue weighted by Crippen LogP contribution is -2.38. The Morgan fingerprint density at radius 2 is 2.10 bits per heavy atom. The van der Waals surface area contributed by atoms with Crippen molar-refractivity contribution in [2.75, 3.05) is 12.8 Å². The summed E-state index contributed by atoms with van der Waals surface area (Å²) in [4.78, 5) is 15.9. The van der Waals surface area contributed by atoms with Crippen LogP contribution in [0.15, 0.2) is 12.1 Å². The van der Waals surface area contributed by atoms with E-state index in [0.717, 1.165) is 0 Å². The topological polar surface area (TPSA) is 86.5 Å². The van der Waals surface area contributed by atoms with Crippen LogP contribution in [0.5, 0.6) is 5.88 Å². The molecule has 1 aromatic rings. The molecule has 0 saturated carbocycles. The van der Waals surface area contributed by atoms with Gasteiger partial charge < -0.3 is 20.5 Å². The molecule has 1 atom stereocenters. The number of hydrogen-bond donors (Lipinski definition) is 2. The number of carbonyl (C=O) groups is 1. The highest BCUT2D eigenvalue weighted by molar-refractivity contribution is 5.68. The molecule has 1 heterocycles. The summed E-state index contributed by atoms with van der Waals surface area (Å²) in [5, 5.41) is 2.75. The van der Waals surface area contributed by atoms with Crippen LogP contribution in [0.1, 0.15) is 33.4 Å². The number of nitrogens with one attached hydrogen (secondary N) is 1. The van der Waals surface area contributed by atoms with Gasteiger partial charge in [-0.05, 0) is 33.8 Å². The minimum atomic E-state index is -0.517. The molecule has 1 rings (SSSR count). The number of nitrogen functional groups attached to an aromatic ring is 1. The van der Waals surface area contributed by atoms with E-state index >= 15 is 0 Å². The third kappa shape index (κ3) is 5.34. The first-order valence-electron chi connectivity index (χ1n) is 6.50. The second kappa shape index (κ2) is 6.45. The first-order chi connectivity index (χ1) is 9.21. The Labute approximate surface area is 119 Å². The largest absolute Gasteiger partial charge is 0.481 e. The van der Waals surface area contributed by atoms with Crippen LogP contribution in [-0.4, -0.2) is 29.8 Å². The van der Waals surface area contributed by atoms with Crippen molar-refractivity contribution in [1.82, 2.24) is 10.3 Å². The van der Waals surface area contributed by atoms with Crippen LogP contribution in [-0.2, 0) is 11.2 Å². The van der Waals surface area contributed by atoms with E-state index in [1.54, 1.807) is 19.2 Å². The van der Waals surface area contributed by atoms with E-state index in [9.17, 15) is 4.79 Å². The summed E-state index contributed by atoms with van der Waals surface area (Å²) >= 11 is 0. The molecule has 112 valence electrons. The zero-order valence-corrected chi connectivity index (χ0v) is 12.7. The van der Waals surface area contributed by atoms with Crippen molar-refractivity contribution in [3.8, 4) is 5.88 Å². The van der Waals surface area contributed by atoms with Gasteiger partial charge in [-0.1, -0.05) is 0 Å². The Morgan fingerprint density at radius 1 is 1.45 bits per heavy atom. The number of ether oxygens (including phenoxy) is 2. The molecule has 0 spiro atoms. The molecule has 1 unspecified atom stereocenters. The van der Waals surface area contributed by atoms with Gasteiger partial charge in [-0.2, -0.15) is 0 Å². The normalized spacial score (nSPS) is 12.7. The Kier molecular flexibility index (Phi) is 5.19. The fourth-order valence-corrected chi connectivity index (χ4v) is 1.62. The Hall–Kier alpha value is -1.98. The quantitative estimate of drug-likeness (QED) is 0.883. The van der Waals surface area contributed by atoms with E-state index in [-0.39, 0.29) is 6.04 Å². The number of rotatable bonds is 4. The summed E-state index contributed by atoms with van der Waals surface area (Å²) in [7, 11) is 1.55. The molecule has 20 heavy (non-hydrogen) atoms. The SMILES string of the molecule is COc1ccc(N)c(CC(C)NC(=O)OC(C)(C)C)n1. The first kappa shape index (κ1) is 16.1. The van der Waals surface area contributed by atoms with Gasteiger partial charge in [0.05, 0.1) is 18.5 Å². The van der Waals surface area contributed by atoms with E-state index in [0.29, 0.717) is 23.7 Å². The average molecular weight is 281 g/mol. The minimum absolute atomic E-state index is 0.147. The number of alkyl carbamates (subject to hydrolysis) is 1. The molecule has 3 N–H and O–H groups in total. The van der Waals surface area contributed by atoms with Gasteiger partial charge >= 0.3 is 6.09 Å². The van der Waals surface area contributed by atoms with E-state index in [4.69, 9.17) is 15.2 Å². The fourth-order valence-electron chi connectivity index (χ4n) is 1.62. The summed E-state index contributed by atoms with van der Waals surface area (Å²) in [6.45, 7) is 7.32. The van der Waals surface area contributed by atoms with Crippen LogP contribution in [0.4, 0.5) is 10.5 Å². The predicted molar refractivity (Wildman–Crippen MR) is 77.7 cm³/mol. The molecular weight excluding hydrogens is 258 g/mol. The van der Waals surface area contributed by atoms with Crippen molar-refractivity contribution in [2.24, 2.45) is 0 Å². The van der Waals surface area contributed by atoms with Crippen molar-refractivity contribution in [3.63, 3.8) is 0 Å². The van der Waals surface area contributed by atoms with Gasteiger partial charge in [-0.3, -0.25) is 0 Å². The van der Waals surface area contributed by atoms with Gasteiger partial charge in [0.2, 0.25) is 5.88 Å². The molecule has 0 aliphatic rings. The average Bonchev–Trinajstić information content (AvgIpc) is 2.29. The zero-order valence-electron chi connectivity index (χ0n) is 12.7. The first-order valence-corrected chi connectivity index (χ1v) is 6.50. The molecule has 0 bridgehead atoms. The van der Waals surface area contributed by atoms with E-state index in [2.05, 4.69) is 10.3 Å². The summed E-state index contributed by atoms with van der Waals surface area (Å²) < 4.78 is 10.3. The molecule has 1 aromatic heterocycles. The van der Waals surface area contributed by atoms with Gasteiger partial charge in [-0.15, -0.1) is 0 Å². The molecule has 0 aliphatic carbocycles. The molecule has 0 fully saturated rings. The number of carbonyl (C=O) groups excluding carboxylic acids is 1. The number of pyridine rings is 1. The predicted octanol–water partition coefficient (Wildman–Crippen LogP) is 2.13. The molecule has 6 heteroatoms. The zero-order chi connectivity index (χ0) is 15.3. The van der Waals surface area contributed by atoms with Gasteiger partial charge in [-0.25, -0.2) is 9.78 Å². The monoisotopic (exact) mass is 281 g/mol. The van der Waals surface area contributed by atoms with Gasteiger partial charge in [0.15, 0.2) is 0 Å². The van der Waals surface area contributed by atoms with Gasteiger partial charge in [0.1, 0.15) is 5.60 Å². The van der Waals surface area contributed by atoms with Crippen molar-refractivity contribution in [1.29, 1.82) is 0 Å². The fraction of sp³-hybridized carbons (Fsp3) is 0.571. The van der Waals surface area contributed by atoms with Crippen LogP contribution >= 0.6 is 0 Å². The third-order valence-electron chi connectivity index (χ3n) is 2.46. The lowest BCUT2D eigenvalue weighted by Gasteiger charge is -2.22. The van der Waals surface area contributed by atoms with Gasteiger partial charge in [0.25, 0.3) is 0 Å². The number of aromatic nitrogens is 1. The number of anilines is 1. The molecule has 0 aromatic carbocycles. The highest BCUT2D eigenvalue weighted by atomic mass is 16.6. The van der Waals surface area contributed by atoms with Crippen LogP contribution < -0.4 is 15.8 Å². The van der Waals surface area contributed by atoms with Crippen molar-refractivity contribution in [3.05, 3.63) is 17.8 Å². The van der Waals surface area contributed by atoms with Crippen LogP contribution in [0.25, 0.3) is 0 Å². The highest BCUT2D eigenvalue weighted by Crippen LogP contribution is 2.16. The summed E-state index contributed by atoms with van der Waals surface area (Å²) in [5.74, 6) is 0.499. The van der Waals surface area contributed by atoms with Crippen molar-refractivity contribution < 1.29 is 14.3 Å². The molecule has 0 radical (unpaired) electrons.